The fraction of sp³-hybridized carbons (Fsp3) is 0.619. The Morgan fingerprint density at radius 2 is 1.12 bits per heavy atom. The van der Waals surface area contributed by atoms with E-state index in [1.165, 1.54) is 0 Å². The number of carbonyl (C=O) groups is 6. The third-order valence-corrected chi connectivity index (χ3v) is 5.19. The van der Waals surface area contributed by atoms with Crippen molar-refractivity contribution in [1.82, 2.24) is 16.0 Å². The van der Waals surface area contributed by atoms with Gasteiger partial charge in [-0.25, -0.2) is 4.79 Å². The summed E-state index contributed by atoms with van der Waals surface area (Å²) in [6.45, 7) is 0.306. The highest BCUT2D eigenvalue weighted by Crippen LogP contribution is 2.05. The van der Waals surface area contributed by atoms with Crippen LogP contribution in [0.3, 0.4) is 0 Å². The predicted octanol–water partition coefficient (Wildman–Crippen LogP) is -5.30. The fourth-order valence-electron chi connectivity index (χ4n) is 3.17. The number of rotatable bonds is 20. The average Bonchev–Trinajstić information content (AvgIpc) is 2.84. The lowest BCUT2D eigenvalue weighted by Gasteiger charge is -2.24. The Morgan fingerprint density at radius 3 is 1.60 bits per heavy atom. The van der Waals surface area contributed by atoms with Gasteiger partial charge in [-0.2, -0.15) is 0 Å². The SMILES string of the molecule is NC(=O)CCC(NC(=O)C(CC(=O)O)NC(=O)C(CCCN=C(N)N)NC(=O)C(N)CCCN=C(N)N)C(=O)O. The lowest BCUT2D eigenvalue weighted by Crippen LogP contribution is -2.57. The van der Waals surface area contributed by atoms with Gasteiger partial charge in [0.1, 0.15) is 18.1 Å². The summed E-state index contributed by atoms with van der Waals surface area (Å²) < 4.78 is 0. The summed E-state index contributed by atoms with van der Waals surface area (Å²) in [4.78, 5) is 79.7. The van der Waals surface area contributed by atoms with Crippen LogP contribution in [0.2, 0.25) is 0 Å². The van der Waals surface area contributed by atoms with Crippen molar-refractivity contribution in [2.45, 2.75) is 69.1 Å². The molecule has 0 radical (unpaired) electrons. The molecule has 0 aromatic heterocycles. The van der Waals surface area contributed by atoms with E-state index >= 15 is 0 Å². The second-order valence-corrected chi connectivity index (χ2v) is 8.63. The van der Waals surface area contributed by atoms with Crippen LogP contribution in [-0.4, -0.2) is 95.0 Å². The van der Waals surface area contributed by atoms with Crippen molar-refractivity contribution >= 4 is 47.5 Å². The van der Waals surface area contributed by atoms with E-state index < -0.39 is 66.2 Å². The van der Waals surface area contributed by atoms with Crippen LogP contribution in [0, 0.1) is 0 Å². The number of carbonyl (C=O) groups excluding carboxylic acids is 4. The number of aliphatic imine (C=N–C) groups is 2. The van der Waals surface area contributed by atoms with Crippen molar-refractivity contribution in [3.63, 3.8) is 0 Å². The Kier molecular flexibility index (Phi) is 16.4. The van der Waals surface area contributed by atoms with E-state index in [0.29, 0.717) is 6.42 Å². The van der Waals surface area contributed by atoms with Crippen LogP contribution in [0.5, 0.6) is 0 Å². The number of hydrogen-bond acceptors (Lipinski definition) is 9. The monoisotopic (exact) mass is 573 g/mol. The quantitative estimate of drug-likeness (QED) is 0.0368. The van der Waals surface area contributed by atoms with E-state index in [-0.39, 0.29) is 57.1 Å². The second-order valence-electron chi connectivity index (χ2n) is 8.63. The molecule has 4 unspecified atom stereocenters. The van der Waals surface area contributed by atoms with Crippen LogP contribution >= 0.6 is 0 Å². The normalized spacial score (nSPS) is 13.4. The number of hydrogen-bond donors (Lipinski definition) is 11. The summed E-state index contributed by atoms with van der Waals surface area (Å²) in [5.74, 6) is -6.94. The molecule has 0 saturated carbocycles. The highest BCUT2D eigenvalue weighted by atomic mass is 16.4. The van der Waals surface area contributed by atoms with Crippen LogP contribution in [0.15, 0.2) is 9.98 Å². The first-order valence-corrected chi connectivity index (χ1v) is 12.1. The summed E-state index contributed by atoms with van der Waals surface area (Å²) in [5, 5.41) is 25.3. The predicted molar refractivity (Wildman–Crippen MR) is 142 cm³/mol. The fourth-order valence-corrected chi connectivity index (χ4v) is 3.17. The minimum absolute atomic E-state index is 0.0349. The molecule has 40 heavy (non-hydrogen) atoms. The molecule has 4 atom stereocenters. The van der Waals surface area contributed by atoms with Crippen LogP contribution < -0.4 is 50.4 Å². The van der Waals surface area contributed by atoms with Crippen molar-refractivity contribution < 1.29 is 39.0 Å². The van der Waals surface area contributed by atoms with Gasteiger partial charge in [-0.15, -0.1) is 0 Å². The summed E-state index contributed by atoms with van der Waals surface area (Å²) in [6.07, 6.45) is -0.977. The lowest BCUT2D eigenvalue weighted by atomic mass is 10.1. The van der Waals surface area contributed by atoms with Crippen molar-refractivity contribution in [2.24, 2.45) is 44.4 Å². The van der Waals surface area contributed by atoms with Gasteiger partial charge < -0.3 is 60.6 Å². The molecule has 4 amide bonds. The Morgan fingerprint density at radius 1 is 0.650 bits per heavy atom. The molecule has 19 heteroatoms. The van der Waals surface area contributed by atoms with E-state index in [1.807, 2.05) is 0 Å². The van der Waals surface area contributed by atoms with Crippen molar-refractivity contribution in [2.75, 3.05) is 13.1 Å². The standard InChI is InChI=1S/C21H39N11O8/c22-10(3-1-7-28-20(24)25)16(36)30-11(4-2-8-29-21(26)27)17(37)32-13(9-15(34)35)18(38)31-12(19(39)40)5-6-14(23)33/h10-13H,1-9,22H2,(H2,23,33)(H,30,36)(H,31,38)(H,32,37)(H,34,35)(H,39,40)(H4,24,25,28)(H4,26,27,29). The number of nitrogens with two attached hydrogens (primary N) is 6. The largest absolute Gasteiger partial charge is 0.481 e. The zero-order valence-corrected chi connectivity index (χ0v) is 21.9. The van der Waals surface area contributed by atoms with Gasteiger partial charge in [0.05, 0.1) is 12.5 Å². The molecule has 0 aromatic carbocycles. The maximum absolute atomic E-state index is 13.0. The Labute approximate surface area is 229 Å². The number of primary amides is 1. The topological polar surface area (TPSA) is 360 Å². The van der Waals surface area contributed by atoms with Gasteiger partial charge in [0.25, 0.3) is 0 Å². The minimum atomic E-state index is -1.73. The molecule has 0 fully saturated rings. The Hall–Kier alpha value is -4.68. The van der Waals surface area contributed by atoms with Crippen LogP contribution in [0.25, 0.3) is 0 Å². The number of amides is 4. The molecule has 226 valence electrons. The van der Waals surface area contributed by atoms with Crippen LogP contribution in [0.1, 0.15) is 44.9 Å². The van der Waals surface area contributed by atoms with E-state index in [1.54, 1.807) is 0 Å². The summed E-state index contributed by atoms with van der Waals surface area (Å²) in [5.41, 5.74) is 31.9. The number of nitrogens with one attached hydrogen (secondary N) is 3. The molecule has 0 saturated heterocycles. The molecule has 0 rings (SSSR count). The zero-order chi connectivity index (χ0) is 30.8. The molecule has 17 N–H and O–H groups in total. The van der Waals surface area contributed by atoms with Gasteiger partial charge in [-0.05, 0) is 32.1 Å². The molecule has 0 aliphatic rings. The summed E-state index contributed by atoms with van der Waals surface area (Å²) in [6, 6.07) is -5.66. The number of aliphatic carboxylic acids is 2. The highest BCUT2D eigenvalue weighted by molar-refractivity contribution is 5.95. The van der Waals surface area contributed by atoms with Gasteiger partial charge in [0, 0.05) is 19.5 Å². The maximum atomic E-state index is 13.0. The molecular weight excluding hydrogens is 534 g/mol. The number of nitrogens with zero attached hydrogens (tertiary/aromatic N) is 2. The van der Waals surface area contributed by atoms with Crippen molar-refractivity contribution in [3.8, 4) is 0 Å². The lowest BCUT2D eigenvalue weighted by molar-refractivity contribution is -0.143. The Balaban J connectivity index is 5.61. The van der Waals surface area contributed by atoms with E-state index in [2.05, 4.69) is 25.9 Å². The summed E-state index contributed by atoms with van der Waals surface area (Å²) >= 11 is 0. The zero-order valence-electron chi connectivity index (χ0n) is 21.9. The summed E-state index contributed by atoms with van der Waals surface area (Å²) in [7, 11) is 0. The van der Waals surface area contributed by atoms with Crippen molar-refractivity contribution in [3.05, 3.63) is 0 Å². The molecule has 0 spiro atoms. The van der Waals surface area contributed by atoms with Gasteiger partial charge in [-0.3, -0.25) is 34.0 Å². The Bertz CT molecular complexity index is 964. The molecular formula is C21H39N11O8. The van der Waals surface area contributed by atoms with E-state index in [0.717, 1.165) is 0 Å². The van der Waals surface area contributed by atoms with Gasteiger partial charge in [0.15, 0.2) is 11.9 Å². The first-order valence-electron chi connectivity index (χ1n) is 12.1. The molecule has 0 heterocycles. The molecule has 19 nitrogen and oxygen atoms in total. The van der Waals surface area contributed by atoms with Crippen LogP contribution in [-0.2, 0) is 28.8 Å². The first-order chi connectivity index (χ1) is 18.6. The number of carboxylic acid groups (broad SMARTS) is 2. The maximum Gasteiger partial charge on any atom is 0.326 e. The number of guanidine groups is 2. The van der Waals surface area contributed by atoms with Gasteiger partial charge >= 0.3 is 11.9 Å². The number of carboxylic acids is 2. The smallest absolute Gasteiger partial charge is 0.326 e. The molecule has 0 aliphatic heterocycles. The second kappa shape index (κ2) is 18.6. The average molecular weight is 574 g/mol. The van der Waals surface area contributed by atoms with E-state index in [9.17, 15) is 39.0 Å². The minimum Gasteiger partial charge on any atom is -0.481 e. The molecule has 0 aliphatic carbocycles. The van der Waals surface area contributed by atoms with Crippen LogP contribution in [0.4, 0.5) is 0 Å². The first kappa shape index (κ1) is 35.3. The van der Waals surface area contributed by atoms with Gasteiger partial charge in [0.2, 0.25) is 23.6 Å². The van der Waals surface area contributed by atoms with Crippen molar-refractivity contribution in [1.29, 1.82) is 0 Å². The third kappa shape index (κ3) is 16.2. The molecule has 0 aromatic rings. The highest BCUT2D eigenvalue weighted by Gasteiger charge is 2.31. The van der Waals surface area contributed by atoms with E-state index in [4.69, 9.17) is 34.4 Å². The third-order valence-electron chi connectivity index (χ3n) is 5.19. The van der Waals surface area contributed by atoms with Gasteiger partial charge in [-0.1, -0.05) is 0 Å². The molecule has 0 bridgehead atoms.